The molecule has 0 aromatic heterocycles. The highest BCUT2D eigenvalue weighted by Crippen LogP contribution is 2.27. The number of carbonyl (C=O) groups is 4. The van der Waals surface area contributed by atoms with Gasteiger partial charge in [-0.1, -0.05) is 69.6 Å². The number of nitrogens with two attached hydrogens (primary N) is 1. The Hall–Kier alpha value is -0.620. The third-order valence-corrected chi connectivity index (χ3v) is 4.48. The van der Waals surface area contributed by atoms with E-state index in [0.717, 1.165) is 0 Å². The third-order valence-electron chi connectivity index (χ3n) is 3.83. The van der Waals surface area contributed by atoms with E-state index in [1.807, 2.05) is 0 Å². The second kappa shape index (κ2) is 16.9. The summed E-state index contributed by atoms with van der Waals surface area (Å²) in [5.74, 6) is -2.45. The zero-order chi connectivity index (χ0) is 26.4. The maximum absolute atomic E-state index is 12.5. The zero-order valence-corrected chi connectivity index (χ0v) is 22.8. The van der Waals surface area contributed by atoms with E-state index in [1.54, 1.807) is 6.92 Å². The van der Waals surface area contributed by atoms with Gasteiger partial charge in [0.1, 0.15) is 25.3 Å². The average Bonchev–Trinajstić information content (AvgIpc) is 2.72. The van der Waals surface area contributed by atoms with Crippen molar-refractivity contribution in [2.75, 3.05) is 26.4 Å². The van der Waals surface area contributed by atoms with E-state index < -0.39 is 56.8 Å². The minimum absolute atomic E-state index is 0.109. The number of rotatable bonds is 14. The number of ether oxygens (including phenoxy) is 3. The lowest BCUT2D eigenvalue weighted by Gasteiger charge is -2.22. The van der Waals surface area contributed by atoms with Gasteiger partial charge >= 0.3 is 23.9 Å². The number of alkyl halides is 6. The third kappa shape index (κ3) is 17.8. The normalized spacial score (nSPS) is 13.4. The molecule has 16 heteroatoms. The van der Waals surface area contributed by atoms with Gasteiger partial charge in [0.15, 0.2) is 0 Å². The van der Waals surface area contributed by atoms with Crippen molar-refractivity contribution >= 4 is 93.5 Å². The fraction of sp³-hybridized carbons (Fsp3) is 0.778. The number of amides is 2. The number of hydrogen-bond donors (Lipinski definition) is 3. The van der Waals surface area contributed by atoms with Crippen LogP contribution in [0.1, 0.15) is 39.0 Å². The van der Waals surface area contributed by atoms with E-state index in [2.05, 4.69) is 10.6 Å². The van der Waals surface area contributed by atoms with Crippen molar-refractivity contribution in [1.82, 2.24) is 10.6 Å². The minimum Gasteiger partial charge on any atom is -0.464 e. The lowest BCUT2D eigenvalue weighted by atomic mass is 10.1. The van der Waals surface area contributed by atoms with E-state index >= 15 is 0 Å². The molecule has 10 nitrogen and oxygen atoms in total. The van der Waals surface area contributed by atoms with Crippen molar-refractivity contribution in [1.29, 1.82) is 0 Å². The van der Waals surface area contributed by atoms with Gasteiger partial charge in [-0.3, -0.25) is 4.79 Å². The number of nitrogens with one attached hydrogen (secondary N) is 2. The number of halogens is 6. The quantitative estimate of drug-likeness (QED) is 0.118. The molecule has 0 radical (unpaired) electrons. The van der Waals surface area contributed by atoms with Gasteiger partial charge in [-0.05, 0) is 39.2 Å². The Labute approximate surface area is 227 Å². The van der Waals surface area contributed by atoms with Gasteiger partial charge in [0.25, 0.3) is 0 Å². The molecule has 0 saturated heterocycles. The summed E-state index contributed by atoms with van der Waals surface area (Å²) in [6.45, 7) is 1.01. The summed E-state index contributed by atoms with van der Waals surface area (Å²) in [4.78, 5) is 49.0. The molecule has 0 aromatic carbocycles. The molecule has 0 bridgehead atoms. The van der Waals surface area contributed by atoms with Crippen LogP contribution in [0.15, 0.2) is 0 Å². The van der Waals surface area contributed by atoms with Crippen LogP contribution >= 0.6 is 69.6 Å². The van der Waals surface area contributed by atoms with Crippen LogP contribution in [0, 0.1) is 0 Å². The fourth-order valence-corrected chi connectivity index (χ4v) is 2.67. The van der Waals surface area contributed by atoms with Gasteiger partial charge in [0, 0.05) is 6.42 Å². The summed E-state index contributed by atoms with van der Waals surface area (Å²) in [5, 5.41) is 4.76. The Morgan fingerprint density at radius 2 is 1.29 bits per heavy atom. The van der Waals surface area contributed by atoms with Crippen molar-refractivity contribution < 1.29 is 33.4 Å². The molecule has 0 aliphatic heterocycles. The van der Waals surface area contributed by atoms with Crippen LogP contribution < -0.4 is 16.4 Å². The fourth-order valence-electron chi connectivity index (χ4n) is 2.34. The minimum atomic E-state index is -1.90. The lowest BCUT2D eigenvalue weighted by Crippen LogP contribution is -2.52. The predicted octanol–water partition coefficient (Wildman–Crippen LogP) is 3.32. The highest BCUT2D eigenvalue weighted by atomic mass is 35.6. The van der Waals surface area contributed by atoms with Crippen molar-refractivity contribution in [2.45, 2.75) is 58.7 Å². The molecule has 0 rings (SSSR count). The van der Waals surface area contributed by atoms with Crippen LogP contribution in [0.5, 0.6) is 0 Å². The predicted molar refractivity (Wildman–Crippen MR) is 131 cm³/mol. The summed E-state index contributed by atoms with van der Waals surface area (Å²) < 4.78 is 10.9. The number of urea groups is 1. The molecule has 0 saturated carbocycles. The van der Waals surface area contributed by atoms with Crippen LogP contribution in [0.25, 0.3) is 0 Å². The van der Waals surface area contributed by atoms with Crippen molar-refractivity contribution in [3.05, 3.63) is 0 Å². The Balaban J connectivity index is 5.19. The van der Waals surface area contributed by atoms with Gasteiger partial charge in [-0.15, -0.1) is 0 Å². The van der Waals surface area contributed by atoms with E-state index in [9.17, 15) is 19.2 Å². The number of carbonyl (C=O) groups excluding carboxylic acids is 4. The van der Waals surface area contributed by atoms with Crippen LogP contribution in [0.2, 0.25) is 0 Å². The SMILES string of the molecule is CCOC(=O)[C@H](CCCCN)NC(=O)N[C@@H](CCC(=O)OCC(Cl)(Cl)Cl)C(=O)OCC(Cl)(Cl)Cl. The summed E-state index contributed by atoms with van der Waals surface area (Å²) in [6, 6.07) is -3.24. The number of esters is 3. The monoisotopic (exact) mass is 607 g/mol. The van der Waals surface area contributed by atoms with Crippen molar-refractivity contribution in [2.24, 2.45) is 5.73 Å². The maximum atomic E-state index is 12.5. The second-order valence-corrected chi connectivity index (χ2v) is 11.8. The molecule has 2 amide bonds. The topological polar surface area (TPSA) is 146 Å². The van der Waals surface area contributed by atoms with Crippen LogP contribution in [-0.4, -0.2) is 70.0 Å². The molecule has 0 aromatic rings. The smallest absolute Gasteiger partial charge is 0.328 e. The first kappa shape index (κ1) is 33.4. The highest BCUT2D eigenvalue weighted by molar-refractivity contribution is 6.68. The maximum Gasteiger partial charge on any atom is 0.328 e. The molecule has 0 heterocycles. The van der Waals surface area contributed by atoms with E-state index in [4.69, 9.17) is 89.5 Å². The molecule has 0 spiro atoms. The standard InChI is InChI=1S/C18H27Cl6N3O7/c1-2-32-14(29)11(5-3-4-8-25)26-16(31)27-12(15(30)34-10-18(22,23)24)6-7-13(28)33-9-17(19,20)21/h11-12H,2-10,25H2,1H3,(H2,26,27,31)/t11-,12-/m0/s1. The Kier molecular flexibility index (Phi) is 16.6. The molecular formula is C18H27Cl6N3O7. The Bertz CT molecular complexity index is 673. The van der Waals surface area contributed by atoms with Crippen molar-refractivity contribution in [3.8, 4) is 0 Å². The van der Waals surface area contributed by atoms with E-state index in [-0.39, 0.29) is 25.9 Å². The first-order valence-corrected chi connectivity index (χ1v) is 12.3. The van der Waals surface area contributed by atoms with Gasteiger partial charge in [0.05, 0.1) is 6.61 Å². The Morgan fingerprint density at radius 1 is 0.794 bits per heavy atom. The molecule has 4 N–H and O–H groups in total. The first-order valence-electron chi connectivity index (χ1n) is 10.1. The summed E-state index contributed by atoms with van der Waals surface area (Å²) in [7, 11) is 0. The molecular weight excluding hydrogens is 583 g/mol. The van der Waals surface area contributed by atoms with Gasteiger partial charge < -0.3 is 30.6 Å². The number of hydrogen-bond acceptors (Lipinski definition) is 8. The molecule has 0 unspecified atom stereocenters. The molecule has 34 heavy (non-hydrogen) atoms. The van der Waals surface area contributed by atoms with Crippen molar-refractivity contribution in [3.63, 3.8) is 0 Å². The summed E-state index contributed by atoms with van der Waals surface area (Å²) in [6.07, 6.45) is 0.815. The first-order chi connectivity index (χ1) is 15.7. The molecule has 0 fully saturated rings. The highest BCUT2D eigenvalue weighted by Gasteiger charge is 2.30. The summed E-state index contributed by atoms with van der Waals surface area (Å²) in [5.41, 5.74) is 5.46. The molecule has 198 valence electrons. The van der Waals surface area contributed by atoms with Crippen LogP contribution in [-0.2, 0) is 28.6 Å². The zero-order valence-electron chi connectivity index (χ0n) is 18.2. The molecule has 0 aliphatic rings. The largest absolute Gasteiger partial charge is 0.464 e. The van der Waals surface area contributed by atoms with Gasteiger partial charge in [-0.25, -0.2) is 14.4 Å². The summed E-state index contributed by atoms with van der Waals surface area (Å²) >= 11 is 33.3. The van der Waals surface area contributed by atoms with E-state index in [1.165, 1.54) is 0 Å². The van der Waals surface area contributed by atoms with Crippen LogP contribution in [0.3, 0.4) is 0 Å². The lowest BCUT2D eigenvalue weighted by molar-refractivity contribution is -0.147. The molecule has 0 aliphatic carbocycles. The van der Waals surface area contributed by atoms with Gasteiger partial charge in [-0.2, -0.15) is 0 Å². The van der Waals surface area contributed by atoms with E-state index in [0.29, 0.717) is 19.4 Å². The van der Waals surface area contributed by atoms with Crippen LogP contribution in [0.4, 0.5) is 4.79 Å². The number of unbranched alkanes of at least 4 members (excludes halogenated alkanes) is 1. The Morgan fingerprint density at radius 3 is 1.79 bits per heavy atom. The molecule has 2 atom stereocenters. The average molecular weight is 610 g/mol. The second-order valence-electron chi connectivity index (χ2n) is 6.80. The van der Waals surface area contributed by atoms with Gasteiger partial charge in [0.2, 0.25) is 7.59 Å².